The van der Waals surface area contributed by atoms with Gasteiger partial charge in [-0.2, -0.15) is 8.78 Å². The number of rotatable bonds is 8. The van der Waals surface area contributed by atoms with Crippen LogP contribution < -0.4 is 5.73 Å². The van der Waals surface area contributed by atoms with Crippen molar-refractivity contribution in [2.45, 2.75) is 38.2 Å². The molecule has 0 bridgehead atoms. The Morgan fingerprint density at radius 2 is 2.16 bits per heavy atom. The molecule has 0 saturated carbocycles. The van der Waals surface area contributed by atoms with E-state index in [1.54, 1.807) is 5.38 Å². The van der Waals surface area contributed by atoms with E-state index in [0.29, 0.717) is 11.6 Å². The maximum Gasteiger partial charge on any atom is 0.330 e. The summed E-state index contributed by atoms with van der Waals surface area (Å²) in [6.45, 7) is 0.905. The normalized spacial score (nSPS) is 14.1. The van der Waals surface area contributed by atoms with Gasteiger partial charge in [-0.15, -0.1) is 11.3 Å². The molecule has 0 aliphatic rings. The van der Waals surface area contributed by atoms with Gasteiger partial charge >= 0.3 is 12.3 Å². The Hall–Kier alpha value is -0.730. The highest BCUT2D eigenvalue weighted by molar-refractivity contribution is 7.09. The minimum Gasteiger partial charge on any atom is -0.368 e. The number of aromatic nitrogens is 1. The lowest BCUT2D eigenvalue weighted by Crippen LogP contribution is -2.32. The molecule has 1 heterocycles. The van der Waals surface area contributed by atoms with Crippen LogP contribution in [0.25, 0.3) is 0 Å². The molecule has 0 radical (unpaired) electrons. The van der Waals surface area contributed by atoms with Crippen LogP contribution in [-0.4, -0.2) is 30.5 Å². The largest absolute Gasteiger partial charge is 0.368 e. The zero-order chi connectivity index (χ0) is 14.5. The number of thiazole rings is 1. The van der Waals surface area contributed by atoms with Crippen LogP contribution in [0.5, 0.6) is 0 Å². The number of halogens is 4. The van der Waals surface area contributed by atoms with Gasteiger partial charge in [-0.25, -0.2) is 13.8 Å². The van der Waals surface area contributed by atoms with Crippen molar-refractivity contribution < 1.29 is 22.3 Å². The quantitative estimate of drug-likeness (QED) is 0.751. The van der Waals surface area contributed by atoms with Gasteiger partial charge in [0.15, 0.2) is 0 Å². The Bertz CT molecular complexity index is 383. The molecule has 0 aromatic carbocycles. The van der Waals surface area contributed by atoms with E-state index < -0.39 is 19.0 Å². The smallest absolute Gasteiger partial charge is 0.330 e. The first-order valence-corrected chi connectivity index (χ1v) is 6.66. The van der Waals surface area contributed by atoms with Gasteiger partial charge in [-0.1, -0.05) is 6.92 Å². The van der Waals surface area contributed by atoms with Gasteiger partial charge in [-0.05, 0) is 6.42 Å². The van der Waals surface area contributed by atoms with Crippen molar-refractivity contribution in [3.05, 3.63) is 16.1 Å². The van der Waals surface area contributed by atoms with E-state index >= 15 is 0 Å². The standard InChI is InChI=1S/C11H16F4N2OS/c1-2-7(3-16)8-5-19-9(17-8)4-18-6-11(14,15)10(12)13/h5,7,10H,2-4,6,16H2,1H3. The molecule has 0 aliphatic carbocycles. The fourth-order valence-corrected chi connectivity index (χ4v) is 2.22. The zero-order valence-corrected chi connectivity index (χ0v) is 11.2. The highest BCUT2D eigenvalue weighted by atomic mass is 32.1. The third kappa shape index (κ3) is 4.70. The fraction of sp³-hybridized carbons (Fsp3) is 0.727. The van der Waals surface area contributed by atoms with E-state index in [9.17, 15) is 17.6 Å². The third-order valence-electron chi connectivity index (χ3n) is 2.60. The Kier molecular flexibility index (Phi) is 6.15. The van der Waals surface area contributed by atoms with E-state index in [1.807, 2.05) is 6.92 Å². The van der Waals surface area contributed by atoms with Crippen molar-refractivity contribution in [3.8, 4) is 0 Å². The first-order chi connectivity index (χ1) is 8.90. The first kappa shape index (κ1) is 16.3. The van der Waals surface area contributed by atoms with Gasteiger partial charge in [0.25, 0.3) is 0 Å². The van der Waals surface area contributed by atoms with E-state index in [4.69, 9.17) is 5.73 Å². The monoisotopic (exact) mass is 300 g/mol. The number of hydrogen-bond donors (Lipinski definition) is 1. The van der Waals surface area contributed by atoms with Crippen molar-refractivity contribution in [2.24, 2.45) is 5.73 Å². The molecule has 1 aromatic heterocycles. The summed E-state index contributed by atoms with van der Waals surface area (Å²) < 4.78 is 53.5. The summed E-state index contributed by atoms with van der Waals surface area (Å²) in [5.74, 6) is -4.00. The highest BCUT2D eigenvalue weighted by Crippen LogP contribution is 2.24. The van der Waals surface area contributed by atoms with Crippen LogP contribution in [0.15, 0.2) is 5.38 Å². The van der Waals surface area contributed by atoms with Crippen LogP contribution in [0.3, 0.4) is 0 Å². The van der Waals surface area contributed by atoms with Crippen LogP contribution >= 0.6 is 11.3 Å². The lowest BCUT2D eigenvalue weighted by molar-refractivity contribution is -0.168. The maximum absolute atomic E-state index is 12.6. The van der Waals surface area contributed by atoms with Crippen molar-refractivity contribution in [1.82, 2.24) is 4.98 Å². The number of nitrogens with zero attached hydrogens (tertiary/aromatic N) is 1. The molecular weight excluding hydrogens is 284 g/mol. The summed E-state index contributed by atoms with van der Waals surface area (Å²) in [7, 11) is 0. The third-order valence-corrected chi connectivity index (χ3v) is 3.44. The second-order valence-corrected chi connectivity index (χ2v) is 5.00. The summed E-state index contributed by atoms with van der Waals surface area (Å²) in [5.41, 5.74) is 6.35. The SMILES string of the molecule is CCC(CN)c1csc(COCC(F)(F)C(F)F)n1. The Morgan fingerprint density at radius 3 is 2.68 bits per heavy atom. The minimum atomic E-state index is -4.12. The Morgan fingerprint density at radius 1 is 1.47 bits per heavy atom. The van der Waals surface area contributed by atoms with Crippen LogP contribution in [0.4, 0.5) is 17.6 Å². The molecule has 0 fully saturated rings. The average molecular weight is 300 g/mol. The zero-order valence-electron chi connectivity index (χ0n) is 10.4. The second kappa shape index (κ2) is 7.16. The fourth-order valence-electron chi connectivity index (χ4n) is 1.41. The molecule has 1 unspecified atom stereocenters. The van der Waals surface area contributed by atoms with Gasteiger partial charge < -0.3 is 10.5 Å². The van der Waals surface area contributed by atoms with E-state index in [1.165, 1.54) is 11.3 Å². The average Bonchev–Trinajstić information content (AvgIpc) is 2.79. The second-order valence-electron chi connectivity index (χ2n) is 4.06. The van der Waals surface area contributed by atoms with Crippen LogP contribution in [0.1, 0.15) is 30.0 Å². The number of nitrogens with two attached hydrogens (primary N) is 1. The molecule has 1 rings (SSSR count). The van der Waals surface area contributed by atoms with Crippen LogP contribution in [-0.2, 0) is 11.3 Å². The molecule has 1 atom stereocenters. The summed E-state index contributed by atoms with van der Waals surface area (Å²) in [6, 6.07) is 0. The molecule has 110 valence electrons. The molecule has 0 aliphatic heterocycles. The Balaban J connectivity index is 2.47. The number of ether oxygens (including phenoxy) is 1. The molecular formula is C11H16F4N2OS. The molecule has 0 spiro atoms. The molecule has 0 saturated heterocycles. The molecule has 1 aromatic rings. The molecule has 19 heavy (non-hydrogen) atoms. The van der Waals surface area contributed by atoms with Crippen molar-refractivity contribution in [2.75, 3.05) is 13.2 Å². The van der Waals surface area contributed by atoms with Crippen molar-refractivity contribution in [1.29, 1.82) is 0 Å². The van der Waals surface area contributed by atoms with E-state index in [2.05, 4.69) is 9.72 Å². The van der Waals surface area contributed by atoms with Crippen molar-refractivity contribution in [3.63, 3.8) is 0 Å². The predicted octanol–water partition coefficient (Wildman–Crippen LogP) is 3.01. The van der Waals surface area contributed by atoms with Gasteiger partial charge in [0.1, 0.15) is 11.6 Å². The molecule has 8 heteroatoms. The number of hydrogen-bond acceptors (Lipinski definition) is 4. The van der Waals surface area contributed by atoms with Gasteiger partial charge in [0.2, 0.25) is 0 Å². The summed E-state index contributed by atoms with van der Waals surface area (Å²) in [4.78, 5) is 4.20. The first-order valence-electron chi connectivity index (χ1n) is 5.78. The van der Waals surface area contributed by atoms with E-state index in [0.717, 1.165) is 12.1 Å². The van der Waals surface area contributed by atoms with E-state index in [-0.39, 0.29) is 12.5 Å². The predicted molar refractivity (Wildman–Crippen MR) is 64.8 cm³/mol. The van der Waals surface area contributed by atoms with Crippen molar-refractivity contribution >= 4 is 11.3 Å². The van der Waals surface area contributed by atoms with Gasteiger partial charge in [0.05, 0.1) is 12.3 Å². The lowest BCUT2D eigenvalue weighted by atomic mass is 10.0. The minimum absolute atomic E-state index is 0.118. The van der Waals surface area contributed by atoms with Gasteiger partial charge in [-0.3, -0.25) is 0 Å². The highest BCUT2D eigenvalue weighted by Gasteiger charge is 2.40. The van der Waals surface area contributed by atoms with Crippen LogP contribution in [0, 0.1) is 0 Å². The summed E-state index contributed by atoms with van der Waals surface area (Å²) in [6.07, 6.45) is -2.90. The van der Waals surface area contributed by atoms with Gasteiger partial charge in [0, 0.05) is 17.8 Å². The molecule has 3 nitrogen and oxygen atoms in total. The Labute approximate surface area is 112 Å². The topological polar surface area (TPSA) is 48.1 Å². The molecule has 0 amide bonds. The van der Waals surface area contributed by atoms with Crippen LogP contribution in [0.2, 0.25) is 0 Å². The summed E-state index contributed by atoms with van der Waals surface area (Å²) >= 11 is 1.24. The molecule has 2 N–H and O–H groups in total. The lowest BCUT2D eigenvalue weighted by Gasteiger charge is -2.14. The maximum atomic E-state index is 12.6. The summed E-state index contributed by atoms with van der Waals surface area (Å²) in [5, 5.41) is 2.26. The number of alkyl halides is 4.